The number of nitrogens with zero attached hydrogens (tertiary/aromatic N) is 1. The van der Waals surface area contributed by atoms with Gasteiger partial charge < -0.3 is 4.74 Å². The third-order valence-corrected chi connectivity index (χ3v) is 5.27. The molecule has 0 spiro atoms. The van der Waals surface area contributed by atoms with Gasteiger partial charge in [0.15, 0.2) is 0 Å². The van der Waals surface area contributed by atoms with E-state index in [0.717, 1.165) is 5.39 Å². The molecule has 0 amide bonds. The third-order valence-electron chi connectivity index (χ3n) is 3.44. The van der Waals surface area contributed by atoms with E-state index in [9.17, 15) is 8.42 Å². The Morgan fingerprint density at radius 2 is 1.71 bits per heavy atom. The second-order valence-corrected chi connectivity index (χ2v) is 6.55. The molecule has 0 atom stereocenters. The van der Waals surface area contributed by atoms with Crippen LogP contribution in [-0.2, 0) is 10.0 Å². The minimum absolute atomic E-state index is 0.272. The average molecular weight is 301 g/mol. The molecule has 0 N–H and O–H groups in total. The van der Waals surface area contributed by atoms with Crippen LogP contribution >= 0.6 is 0 Å². The van der Waals surface area contributed by atoms with Crippen LogP contribution in [0.15, 0.2) is 59.5 Å². The normalized spacial score (nSPS) is 11.7. The van der Waals surface area contributed by atoms with Gasteiger partial charge in [0.05, 0.1) is 17.5 Å². The highest BCUT2D eigenvalue weighted by molar-refractivity contribution is 7.90. The predicted octanol–water partition coefficient (Wildman–Crippen LogP) is 3.20. The topological polar surface area (TPSA) is 48.3 Å². The molecule has 2 aromatic carbocycles. The Morgan fingerprint density at radius 3 is 2.38 bits per heavy atom. The van der Waals surface area contributed by atoms with Crippen molar-refractivity contribution in [2.75, 3.05) is 7.11 Å². The highest BCUT2D eigenvalue weighted by atomic mass is 32.2. The first-order valence-corrected chi connectivity index (χ1v) is 7.95. The van der Waals surface area contributed by atoms with E-state index in [1.807, 2.05) is 12.1 Å². The Kier molecular flexibility index (Phi) is 3.22. The first-order chi connectivity index (χ1) is 10.1. The summed E-state index contributed by atoms with van der Waals surface area (Å²) >= 11 is 0. The number of hydrogen-bond acceptors (Lipinski definition) is 3. The number of aryl methyl sites for hydroxylation is 1. The molecule has 0 aliphatic rings. The number of aromatic nitrogens is 1. The van der Waals surface area contributed by atoms with Gasteiger partial charge in [-0.15, -0.1) is 0 Å². The molecule has 3 rings (SSSR count). The zero-order valence-electron chi connectivity index (χ0n) is 11.8. The summed E-state index contributed by atoms with van der Waals surface area (Å²) in [5.41, 5.74) is 1.27. The van der Waals surface area contributed by atoms with Gasteiger partial charge in [0.1, 0.15) is 5.75 Å². The lowest BCUT2D eigenvalue weighted by Gasteiger charge is -2.10. The summed E-state index contributed by atoms with van der Waals surface area (Å²) < 4.78 is 32.4. The summed E-state index contributed by atoms with van der Waals surface area (Å²) in [5, 5.41) is 0.789. The Balaban J connectivity index is 2.34. The highest BCUT2D eigenvalue weighted by Gasteiger charge is 2.22. The van der Waals surface area contributed by atoms with Gasteiger partial charge in [-0.1, -0.05) is 24.3 Å². The lowest BCUT2D eigenvalue weighted by molar-refractivity contribution is 0.420. The first kappa shape index (κ1) is 13.7. The van der Waals surface area contributed by atoms with Crippen molar-refractivity contribution in [2.45, 2.75) is 11.8 Å². The number of ether oxygens (including phenoxy) is 1. The van der Waals surface area contributed by atoms with E-state index in [-0.39, 0.29) is 4.90 Å². The van der Waals surface area contributed by atoms with Crippen LogP contribution < -0.4 is 4.74 Å². The molecule has 3 aromatic rings. The van der Waals surface area contributed by atoms with Crippen LogP contribution in [-0.4, -0.2) is 19.5 Å². The first-order valence-electron chi connectivity index (χ1n) is 6.51. The second-order valence-electron chi connectivity index (χ2n) is 4.76. The third kappa shape index (κ3) is 2.10. The van der Waals surface area contributed by atoms with Crippen LogP contribution in [0.5, 0.6) is 5.75 Å². The molecular weight excluding hydrogens is 286 g/mol. The van der Waals surface area contributed by atoms with Crippen molar-refractivity contribution in [1.29, 1.82) is 0 Å². The number of fused-ring (bicyclic) bond motifs is 1. The lowest BCUT2D eigenvalue weighted by Crippen LogP contribution is -2.14. The largest absolute Gasteiger partial charge is 0.496 e. The van der Waals surface area contributed by atoms with Crippen LogP contribution in [0.25, 0.3) is 10.9 Å². The van der Waals surface area contributed by atoms with Gasteiger partial charge in [-0.3, -0.25) is 0 Å². The van der Waals surface area contributed by atoms with Crippen molar-refractivity contribution >= 4 is 20.9 Å². The molecule has 0 aliphatic heterocycles. The van der Waals surface area contributed by atoms with E-state index in [2.05, 4.69) is 0 Å². The number of hydrogen-bond donors (Lipinski definition) is 0. The SMILES string of the molecule is COc1cccc2c1cc(C)n2S(=O)(=O)c1ccccc1. The quantitative estimate of drug-likeness (QED) is 0.746. The Labute approximate surface area is 123 Å². The van der Waals surface area contributed by atoms with Crippen molar-refractivity contribution in [1.82, 2.24) is 3.97 Å². The molecule has 0 unspecified atom stereocenters. The smallest absolute Gasteiger partial charge is 0.268 e. The fraction of sp³-hybridized carbons (Fsp3) is 0.125. The Morgan fingerprint density at radius 1 is 1.00 bits per heavy atom. The van der Waals surface area contributed by atoms with Crippen LogP contribution in [0.3, 0.4) is 0 Å². The van der Waals surface area contributed by atoms with Crippen LogP contribution in [0.1, 0.15) is 5.69 Å². The van der Waals surface area contributed by atoms with Gasteiger partial charge >= 0.3 is 0 Å². The molecule has 0 aliphatic carbocycles. The molecule has 1 aromatic heterocycles. The van der Waals surface area contributed by atoms with Gasteiger partial charge in [0.25, 0.3) is 10.0 Å². The minimum Gasteiger partial charge on any atom is -0.496 e. The maximum atomic E-state index is 12.9. The zero-order chi connectivity index (χ0) is 15.0. The fourth-order valence-electron chi connectivity index (χ4n) is 2.51. The van der Waals surface area contributed by atoms with Crippen LogP contribution in [0.4, 0.5) is 0 Å². The van der Waals surface area contributed by atoms with E-state index in [1.54, 1.807) is 56.5 Å². The zero-order valence-corrected chi connectivity index (χ0v) is 12.6. The summed E-state index contributed by atoms with van der Waals surface area (Å²) in [4.78, 5) is 0.272. The van der Waals surface area contributed by atoms with Crippen LogP contribution in [0.2, 0.25) is 0 Å². The van der Waals surface area contributed by atoms with Crippen molar-refractivity contribution < 1.29 is 13.2 Å². The van der Waals surface area contributed by atoms with Crippen LogP contribution in [0, 0.1) is 6.92 Å². The number of rotatable bonds is 3. The molecule has 0 saturated carbocycles. The summed E-state index contributed by atoms with van der Waals surface area (Å²) in [5.74, 6) is 0.664. The molecule has 4 nitrogen and oxygen atoms in total. The van der Waals surface area contributed by atoms with Gasteiger partial charge in [0, 0.05) is 11.1 Å². The molecule has 108 valence electrons. The van der Waals surface area contributed by atoms with Crippen molar-refractivity contribution in [3.05, 3.63) is 60.3 Å². The Bertz CT molecular complexity index is 896. The monoisotopic (exact) mass is 301 g/mol. The molecule has 5 heteroatoms. The van der Waals surface area contributed by atoms with E-state index in [4.69, 9.17) is 4.74 Å². The van der Waals surface area contributed by atoms with Crippen molar-refractivity contribution in [3.8, 4) is 5.75 Å². The van der Waals surface area contributed by atoms with Crippen molar-refractivity contribution in [2.24, 2.45) is 0 Å². The van der Waals surface area contributed by atoms with Gasteiger partial charge in [-0.25, -0.2) is 12.4 Å². The van der Waals surface area contributed by atoms with E-state index in [0.29, 0.717) is 17.0 Å². The Hall–Kier alpha value is -2.27. The fourth-order valence-corrected chi connectivity index (χ4v) is 4.07. The summed E-state index contributed by atoms with van der Waals surface area (Å²) in [6.07, 6.45) is 0. The van der Waals surface area contributed by atoms with E-state index < -0.39 is 10.0 Å². The molecule has 0 saturated heterocycles. The minimum atomic E-state index is -3.62. The standard InChI is InChI=1S/C16H15NO3S/c1-12-11-14-15(9-6-10-16(14)20-2)17(12)21(18,19)13-7-4-3-5-8-13/h3-11H,1-2H3. The predicted molar refractivity (Wildman–Crippen MR) is 82.3 cm³/mol. The molecule has 0 bridgehead atoms. The molecule has 1 heterocycles. The molecule has 21 heavy (non-hydrogen) atoms. The van der Waals surface area contributed by atoms with E-state index in [1.165, 1.54) is 3.97 Å². The number of benzene rings is 2. The van der Waals surface area contributed by atoms with Gasteiger partial charge in [0.2, 0.25) is 0 Å². The van der Waals surface area contributed by atoms with Gasteiger partial charge in [-0.2, -0.15) is 0 Å². The maximum Gasteiger partial charge on any atom is 0.268 e. The van der Waals surface area contributed by atoms with Crippen molar-refractivity contribution in [3.63, 3.8) is 0 Å². The maximum absolute atomic E-state index is 12.9. The molecule has 0 fully saturated rings. The average Bonchev–Trinajstić information content (AvgIpc) is 2.84. The molecular formula is C16H15NO3S. The highest BCUT2D eigenvalue weighted by Crippen LogP contribution is 2.31. The number of methoxy groups -OCH3 is 1. The summed E-state index contributed by atoms with van der Waals surface area (Å²) in [6, 6.07) is 15.6. The van der Waals surface area contributed by atoms with E-state index >= 15 is 0 Å². The van der Waals surface area contributed by atoms with Gasteiger partial charge in [-0.05, 0) is 37.3 Å². The molecule has 0 radical (unpaired) electrons. The lowest BCUT2D eigenvalue weighted by atomic mass is 10.2. The summed E-state index contributed by atoms with van der Waals surface area (Å²) in [7, 11) is -2.04. The second kappa shape index (κ2) is 4.93. The summed E-state index contributed by atoms with van der Waals surface area (Å²) in [6.45, 7) is 1.78.